The van der Waals surface area contributed by atoms with E-state index in [2.05, 4.69) is 0 Å². The van der Waals surface area contributed by atoms with E-state index in [-0.39, 0.29) is 17.5 Å². The third kappa shape index (κ3) is 2.77. The molecular formula is C15H19F2NO3S. The van der Waals surface area contributed by atoms with Gasteiger partial charge in [-0.1, -0.05) is 17.7 Å². The molecule has 0 spiro atoms. The zero-order valence-electron chi connectivity index (χ0n) is 12.6. The minimum absolute atomic E-state index is 0.142. The number of hydrogen-bond donors (Lipinski definition) is 0. The van der Waals surface area contributed by atoms with E-state index in [4.69, 9.17) is 4.74 Å². The normalized spacial score (nSPS) is 28.6. The number of benzene rings is 1. The van der Waals surface area contributed by atoms with Gasteiger partial charge in [-0.05, 0) is 31.9 Å². The van der Waals surface area contributed by atoms with Crippen LogP contribution in [0.2, 0.25) is 0 Å². The summed E-state index contributed by atoms with van der Waals surface area (Å²) in [7, 11) is -3.59. The van der Waals surface area contributed by atoms with E-state index in [0.29, 0.717) is 12.8 Å². The van der Waals surface area contributed by atoms with Gasteiger partial charge in [0.25, 0.3) is 5.92 Å². The topological polar surface area (TPSA) is 46.6 Å². The van der Waals surface area contributed by atoms with E-state index < -0.39 is 28.2 Å². The van der Waals surface area contributed by atoms with Crippen LogP contribution in [-0.4, -0.2) is 43.4 Å². The molecule has 22 heavy (non-hydrogen) atoms. The Labute approximate surface area is 129 Å². The van der Waals surface area contributed by atoms with Crippen LogP contribution in [0.3, 0.4) is 0 Å². The Hall–Kier alpha value is -1.05. The average molecular weight is 331 g/mol. The number of nitrogens with zero attached hydrogens (tertiary/aromatic N) is 1. The second-order valence-corrected chi connectivity index (χ2v) is 8.36. The molecule has 4 rings (SSSR count). The van der Waals surface area contributed by atoms with Gasteiger partial charge in [0.15, 0.2) is 0 Å². The summed E-state index contributed by atoms with van der Waals surface area (Å²) >= 11 is 0. The standard InChI is InChI=1S/C15H19F2NO3S/c1-11-3-5-13(6-4-11)22(19,20)18-9-15(7-12(18)8-15)21-10-14(2,16)17/h3-6,12H,7-10H2,1-2H3. The van der Waals surface area contributed by atoms with Crippen LogP contribution in [0.5, 0.6) is 0 Å². The van der Waals surface area contributed by atoms with Gasteiger partial charge in [-0.3, -0.25) is 0 Å². The van der Waals surface area contributed by atoms with Gasteiger partial charge in [0.1, 0.15) is 6.61 Å². The van der Waals surface area contributed by atoms with Crippen LogP contribution in [-0.2, 0) is 14.8 Å². The maximum atomic E-state index is 12.9. The Kier molecular flexibility index (Phi) is 3.58. The van der Waals surface area contributed by atoms with Gasteiger partial charge >= 0.3 is 0 Å². The molecule has 7 heteroatoms. The number of alkyl halides is 2. The summed E-state index contributed by atoms with van der Waals surface area (Å²) in [5.74, 6) is -2.90. The Morgan fingerprint density at radius 1 is 1.32 bits per heavy atom. The molecule has 4 nitrogen and oxygen atoms in total. The predicted molar refractivity (Wildman–Crippen MR) is 77.4 cm³/mol. The van der Waals surface area contributed by atoms with Gasteiger partial charge in [-0.15, -0.1) is 0 Å². The van der Waals surface area contributed by atoms with Gasteiger partial charge in [-0.2, -0.15) is 4.31 Å². The molecule has 1 aliphatic carbocycles. The highest BCUT2D eigenvalue weighted by atomic mass is 32.2. The van der Waals surface area contributed by atoms with Crippen molar-refractivity contribution >= 4 is 10.0 Å². The zero-order valence-corrected chi connectivity index (χ0v) is 13.4. The van der Waals surface area contributed by atoms with E-state index >= 15 is 0 Å². The zero-order chi connectivity index (χ0) is 16.2. The summed E-state index contributed by atoms with van der Waals surface area (Å²) in [5, 5.41) is 0. The van der Waals surface area contributed by atoms with Crippen LogP contribution in [0.1, 0.15) is 25.3 Å². The maximum Gasteiger partial charge on any atom is 0.268 e. The summed E-state index contributed by atoms with van der Waals surface area (Å²) in [4.78, 5) is 0.238. The molecule has 0 radical (unpaired) electrons. The number of aryl methyl sites for hydroxylation is 1. The summed E-state index contributed by atoms with van der Waals surface area (Å²) in [6.07, 6.45) is 0.988. The molecule has 122 valence electrons. The molecule has 0 N–H and O–H groups in total. The van der Waals surface area contributed by atoms with Crippen LogP contribution in [0.15, 0.2) is 29.2 Å². The van der Waals surface area contributed by atoms with Crippen molar-refractivity contribution < 1.29 is 21.9 Å². The average Bonchev–Trinajstić information content (AvgIpc) is 2.92. The highest BCUT2D eigenvalue weighted by Gasteiger charge is 2.60. The second kappa shape index (κ2) is 4.97. The molecule has 0 unspecified atom stereocenters. The van der Waals surface area contributed by atoms with Crippen molar-refractivity contribution in [2.75, 3.05) is 13.2 Å². The van der Waals surface area contributed by atoms with E-state index in [0.717, 1.165) is 12.5 Å². The maximum absolute atomic E-state index is 12.9. The van der Waals surface area contributed by atoms with Gasteiger partial charge in [0.2, 0.25) is 10.0 Å². The van der Waals surface area contributed by atoms with E-state index in [9.17, 15) is 17.2 Å². The van der Waals surface area contributed by atoms with E-state index in [1.807, 2.05) is 6.92 Å². The Bertz CT molecular complexity index is 661. The second-order valence-electron chi connectivity index (χ2n) is 6.47. The molecule has 0 aromatic heterocycles. The lowest BCUT2D eigenvalue weighted by Crippen LogP contribution is -2.45. The van der Waals surface area contributed by atoms with Crippen LogP contribution in [0, 0.1) is 6.92 Å². The molecule has 0 atom stereocenters. The highest BCUT2D eigenvalue weighted by molar-refractivity contribution is 7.89. The Balaban J connectivity index is 1.74. The Morgan fingerprint density at radius 2 is 1.91 bits per heavy atom. The van der Waals surface area contributed by atoms with Gasteiger partial charge in [0, 0.05) is 19.5 Å². The van der Waals surface area contributed by atoms with Crippen molar-refractivity contribution in [3.05, 3.63) is 29.8 Å². The lowest BCUT2D eigenvalue weighted by Gasteiger charge is -2.37. The molecule has 2 heterocycles. The van der Waals surface area contributed by atoms with Crippen molar-refractivity contribution in [3.8, 4) is 0 Å². The largest absolute Gasteiger partial charge is 0.367 e. The van der Waals surface area contributed by atoms with Crippen molar-refractivity contribution in [1.82, 2.24) is 4.31 Å². The molecule has 2 aliphatic heterocycles. The third-order valence-corrected chi connectivity index (χ3v) is 6.24. The molecule has 1 saturated carbocycles. The third-order valence-electron chi connectivity index (χ3n) is 4.33. The SMILES string of the molecule is Cc1ccc(S(=O)(=O)N2CC3(OCC(C)(F)F)CC2C3)cc1. The highest BCUT2D eigenvalue weighted by Crippen LogP contribution is 2.49. The lowest BCUT2D eigenvalue weighted by atomic mass is 9.81. The Morgan fingerprint density at radius 3 is 2.45 bits per heavy atom. The molecule has 3 aliphatic rings. The quantitative estimate of drug-likeness (QED) is 0.833. The fourth-order valence-corrected chi connectivity index (χ4v) is 4.81. The number of halogens is 2. The summed E-state index contributed by atoms with van der Waals surface area (Å²) in [6, 6.07) is 6.51. The number of fused-ring (bicyclic) bond motifs is 1. The summed E-state index contributed by atoms with van der Waals surface area (Å²) < 4.78 is 57.9. The number of sulfonamides is 1. The molecule has 3 fully saturated rings. The van der Waals surface area contributed by atoms with E-state index in [1.54, 1.807) is 24.3 Å². The van der Waals surface area contributed by atoms with Crippen LogP contribution in [0.4, 0.5) is 8.78 Å². The minimum Gasteiger partial charge on any atom is -0.367 e. The fourth-order valence-electron chi connectivity index (χ4n) is 3.12. The molecule has 1 aromatic carbocycles. The molecule has 1 aromatic rings. The van der Waals surface area contributed by atoms with Crippen LogP contribution in [0.25, 0.3) is 0 Å². The predicted octanol–water partition coefficient (Wildman–Crippen LogP) is 2.57. The van der Waals surface area contributed by atoms with E-state index in [1.165, 1.54) is 4.31 Å². The van der Waals surface area contributed by atoms with Crippen molar-refractivity contribution in [1.29, 1.82) is 0 Å². The van der Waals surface area contributed by atoms with Crippen LogP contribution >= 0.6 is 0 Å². The first-order valence-electron chi connectivity index (χ1n) is 7.22. The number of hydrogen-bond acceptors (Lipinski definition) is 3. The minimum atomic E-state index is -3.59. The van der Waals surface area contributed by atoms with Gasteiger partial charge in [-0.25, -0.2) is 17.2 Å². The molecule has 0 amide bonds. The number of ether oxygens (including phenoxy) is 1. The molecular weight excluding hydrogens is 312 g/mol. The lowest BCUT2D eigenvalue weighted by molar-refractivity contribution is -0.141. The fraction of sp³-hybridized carbons (Fsp3) is 0.600. The monoisotopic (exact) mass is 331 g/mol. The smallest absolute Gasteiger partial charge is 0.268 e. The number of rotatable bonds is 5. The van der Waals surface area contributed by atoms with Gasteiger partial charge in [0.05, 0.1) is 10.5 Å². The first kappa shape index (κ1) is 15.8. The summed E-state index contributed by atoms with van der Waals surface area (Å²) in [5.41, 5.74) is 0.247. The summed E-state index contributed by atoms with van der Waals surface area (Å²) in [6.45, 7) is 2.18. The molecule has 2 bridgehead atoms. The molecule has 2 saturated heterocycles. The van der Waals surface area contributed by atoms with Crippen molar-refractivity contribution in [2.24, 2.45) is 0 Å². The van der Waals surface area contributed by atoms with Gasteiger partial charge < -0.3 is 4.74 Å². The van der Waals surface area contributed by atoms with Crippen molar-refractivity contribution in [3.63, 3.8) is 0 Å². The first-order valence-corrected chi connectivity index (χ1v) is 8.66. The first-order chi connectivity index (χ1) is 10.1. The van der Waals surface area contributed by atoms with Crippen LogP contribution < -0.4 is 0 Å². The van der Waals surface area contributed by atoms with Crippen molar-refractivity contribution in [2.45, 2.75) is 49.2 Å².